The fourth-order valence-corrected chi connectivity index (χ4v) is 3.17. The maximum Gasteiger partial charge on any atom is 0.165 e. The van der Waals surface area contributed by atoms with Crippen molar-refractivity contribution in [1.82, 2.24) is 4.57 Å². The fourth-order valence-electron chi connectivity index (χ4n) is 3.17. The lowest BCUT2D eigenvalue weighted by Crippen LogP contribution is -1.95. The number of aromatic hydroxyl groups is 1. The van der Waals surface area contributed by atoms with Gasteiger partial charge in [-0.2, -0.15) is 0 Å². The lowest BCUT2D eigenvalue weighted by molar-refractivity contribution is 0.289. The van der Waals surface area contributed by atoms with E-state index in [1.165, 1.54) is 10.9 Å². The third-order valence-corrected chi connectivity index (χ3v) is 4.69. The van der Waals surface area contributed by atoms with Crippen molar-refractivity contribution in [2.75, 3.05) is 0 Å². The number of para-hydroxylation sites is 2. The normalized spacial score (nSPS) is 11.3. The number of rotatable bonds is 5. The number of aryl methyl sites for hydroxylation is 1. The Labute approximate surface area is 158 Å². The summed E-state index contributed by atoms with van der Waals surface area (Å²) < 4.78 is 7.94. The third kappa shape index (κ3) is 3.58. The molecule has 0 spiro atoms. The number of nitrogens with zero attached hydrogens (tertiary/aromatic N) is 1. The Morgan fingerprint density at radius 2 is 1.67 bits per heavy atom. The average molecular weight is 355 g/mol. The zero-order valence-electron chi connectivity index (χ0n) is 15.2. The molecule has 0 bridgehead atoms. The molecule has 4 aromatic rings. The Kier molecular flexibility index (Phi) is 4.67. The molecular formula is C24H21NO2. The van der Waals surface area contributed by atoms with Crippen molar-refractivity contribution in [3.05, 3.63) is 95.7 Å². The zero-order valence-corrected chi connectivity index (χ0v) is 15.2. The van der Waals surface area contributed by atoms with Gasteiger partial charge < -0.3 is 14.4 Å². The van der Waals surface area contributed by atoms with Crippen LogP contribution in [-0.2, 0) is 13.7 Å². The van der Waals surface area contributed by atoms with Crippen molar-refractivity contribution >= 4 is 23.1 Å². The van der Waals surface area contributed by atoms with E-state index in [0.29, 0.717) is 12.4 Å². The predicted octanol–water partition coefficient (Wildman–Crippen LogP) is 5.63. The summed E-state index contributed by atoms with van der Waals surface area (Å²) in [6, 6.07) is 25.9. The molecule has 3 heteroatoms. The van der Waals surface area contributed by atoms with Crippen LogP contribution in [0.25, 0.3) is 23.1 Å². The van der Waals surface area contributed by atoms with Crippen LogP contribution < -0.4 is 4.74 Å². The van der Waals surface area contributed by atoms with Crippen LogP contribution in [0.3, 0.4) is 0 Å². The summed E-state index contributed by atoms with van der Waals surface area (Å²) >= 11 is 0. The molecule has 27 heavy (non-hydrogen) atoms. The van der Waals surface area contributed by atoms with Crippen molar-refractivity contribution in [2.24, 2.45) is 7.05 Å². The standard InChI is InChI=1S/C24H21NO2/c1-25-21(16-20-10-5-6-12-22(20)25)15-14-19-11-7-13-23(24(19)26)27-17-18-8-3-2-4-9-18/h2-16,26H,17H2,1H3. The number of ether oxygens (including phenoxy) is 1. The molecule has 0 unspecified atom stereocenters. The van der Waals surface area contributed by atoms with Gasteiger partial charge in [0.25, 0.3) is 0 Å². The van der Waals surface area contributed by atoms with Gasteiger partial charge in [0.1, 0.15) is 6.61 Å². The molecule has 3 aromatic carbocycles. The van der Waals surface area contributed by atoms with Gasteiger partial charge in [-0.05, 0) is 35.9 Å². The van der Waals surface area contributed by atoms with E-state index in [9.17, 15) is 5.11 Å². The van der Waals surface area contributed by atoms with Gasteiger partial charge in [-0.15, -0.1) is 0 Å². The Hall–Kier alpha value is -3.46. The molecule has 4 rings (SSSR count). The van der Waals surface area contributed by atoms with Gasteiger partial charge in [-0.1, -0.05) is 60.7 Å². The summed E-state index contributed by atoms with van der Waals surface area (Å²) in [5.41, 5.74) is 4.05. The minimum atomic E-state index is 0.156. The molecule has 3 nitrogen and oxygen atoms in total. The minimum Gasteiger partial charge on any atom is -0.504 e. The first kappa shape index (κ1) is 17.0. The van der Waals surface area contributed by atoms with Crippen molar-refractivity contribution in [2.45, 2.75) is 6.61 Å². The second-order valence-electron chi connectivity index (χ2n) is 6.49. The summed E-state index contributed by atoms with van der Waals surface area (Å²) in [6.07, 6.45) is 3.93. The molecule has 0 radical (unpaired) electrons. The van der Waals surface area contributed by atoms with Crippen LogP contribution in [0.2, 0.25) is 0 Å². The SMILES string of the molecule is Cn1c(C=Cc2cccc(OCc3ccccc3)c2O)cc2ccccc21. The predicted molar refractivity (Wildman–Crippen MR) is 111 cm³/mol. The third-order valence-electron chi connectivity index (χ3n) is 4.69. The van der Waals surface area contributed by atoms with Crippen molar-refractivity contribution in [3.63, 3.8) is 0 Å². The Morgan fingerprint density at radius 3 is 2.48 bits per heavy atom. The zero-order chi connectivity index (χ0) is 18.6. The smallest absolute Gasteiger partial charge is 0.165 e. The maximum atomic E-state index is 10.6. The molecule has 0 aliphatic carbocycles. The van der Waals surface area contributed by atoms with E-state index in [4.69, 9.17) is 4.74 Å². The lowest BCUT2D eigenvalue weighted by atomic mass is 10.1. The highest BCUT2D eigenvalue weighted by molar-refractivity contribution is 5.85. The second-order valence-corrected chi connectivity index (χ2v) is 6.49. The molecule has 0 saturated carbocycles. The van der Waals surface area contributed by atoms with Crippen molar-refractivity contribution in [3.8, 4) is 11.5 Å². The molecule has 1 N–H and O–H groups in total. The highest BCUT2D eigenvalue weighted by atomic mass is 16.5. The number of benzene rings is 3. The maximum absolute atomic E-state index is 10.6. The van der Waals surface area contributed by atoms with Crippen molar-refractivity contribution < 1.29 is 9.84 Å². The summed E-state index contributed by atoms with van der Waals surface area (Å²) in [5.74, 6) is 0.640. The summed E-state index contributed by atoms with van der Waals surface area (Å²) in [5, 5.41) is 11.8. The van der Waals surface area contributed by atoms with E-state index in [-0.39, 0.29) is 5.75 Å². The van der Waals surface area contributed by atoms with Gasteiger partial charge in [0.05, 0.1) is 0 Å². The molecule has 0 saturated heterocycles. The highest BCUT2D eigenvalue weighted by Crippen LogP contribution is 2.32. The van der Waals surface area contributed by atoms with Crippen LogP contribution in [0.15, 0.2) is 78.9 Å². The molecule has 0 aliphatic rings. The van der Waals surface area contributed by atoms with Crippen LogP contribution in [0.5, 0.6) is 11.5 Å². The van der Waals surface area contributed by atoms with Gasteiger partial charge in [-0.25, -0.2) is 0 Å². The van der Waals surface area contributed by atoms with Gasteiger partial charge in [0.2, 0.25) is 0 Å². The summed E-state index contributed by atoms with van der Waals surface area (Å²) in [6.45, 7) is 0.421. The summed E-state index contributed by atoms with van der Waals surface area (Å²) in [4.78, 5) is 0. The van der Waals surface area contributed by atoms with E-state index in [2.05, 4.69) is 22.8 Å². The molecule has 134 valence electrons. The van der Waals surface area contributed by atoms with Gasteiger partial charge in [0.15, 0.2) is 11.5 Å². The average Bonchev–Trinajstić information content (AvgIpc) is 3.03. The topological polar surface area (TPSA) is 34.4 Å². The number of hydrogen-bond donors (Lipinski definition) is 1. The van der Waals surface area contributed by atoms with Crippen LogP contribution in [0.1, 0.15) is 16.8 Å². The first-order valence-electron chi connectivity index (χ1n) is 8.93. The van der Waals surface area contributed by atoms with Crippen molar-refractivity contribution in [1.29, 1.82) is 0 Å². The van der Waals surface area contributed by atoms with Crippen LogP contribution in [0, 0.1) is 0 Å². The van der Waals surface area contributed by atoms with E-state index < -0.39 is 0 Å². The van der Waals surface area contributed by atoms with Gasteiger partial charge in [0, 0.05) is 29.2 Å². The van der Waals surface area contributed by atoms with Crippen LogP contribution >= 0.6 is 0 Å². The van der Waals surface area contributed by atoms with E-state index in [1.807, 2.05) is 73.8 Å². The van der Waals surface area contributed by atoms with E-state index in [1.54, 1.807) is 6.07 Å². The molecular weight excluding hydrogens is 334 g/mol. The Bertz CT molecular complexity index is 1090. The van der Waals surface area contributed by atoms with Crippen LogP contribution in [-0.4, -0.2) is 9.67 Å². The largest absolute Gasteiger partial charge is 0.504 e. The van der Waals surface area contributed by atoms with E-state index in [0.717, 1.165) is 16.8 Å². The first-order valence-corrected chi connectivity index (χ1v) is 8.93. The summed E-state index contributed by atoms with van der Waals surface area (Å²) in [7, 11) is 2.04. The highest BCUT2D eigenvalue weighted by Gasteiger charge is 2.07. The van der Waals surface area contributed by atoms with Gasteiger partial charge in [-0.3, -0.25) is 0 Å². The molecule has 1 aromatic heterocycles. The number of phenolic OH excluding ortho intramolecular Hbond substituents is 1. The first-order chi connectivity index (χ1) is 13.2. The molecule has 0 fully saturated rings. The lowest BCUT2D eigenvalue weighted by Gasteiger charge is -2.10. The second kappa shape index (κ2) is 7.42. The molecule has 0 aliphatic heterocycles. The number of fused-ring (bicyclic) bond motifs is 1. The quantitative estimate of drug-likeness (QED) is 0.503. The Morgan fingerprint density at radius 1 is 0.889 bits per heavy atom. The fraction of sp³-hybridized carbons (Fsp3) is 0.0833. The number of aromatic nitrogens is 1. The Balaban J connectivity index is 1.56. The van der Waals surface area contributed by atoms with Gasteiger partial charge >= 0.3 is 0 Å². The number of phenols is 1. The van der Waals surface area contributed by atoms with E-state index >= 15 is 0 Å². The van der Waals surface area contributed by atoms with Crippen LogP contribution in [0.4, 0.5) is 0 Å². The number of hydrogen-bond acceptors (Lipinski definition) is 2. The molecule has 1 heterocycles. The molecule has 0 amide bonds. The minimum absolute atomic E-state index is 0.156. The molecule has 0 atom stereocenters. The monoisotopic (exact) mass is 355 g/mol.